The summed E-state index contributed by atoms with van der Waals surface area (Å²) >= 11 is 0. The summed E-state index contributed by atoms with van der Waals surface area (Å²) in [5, 5.41) is 0. The van der Waals surface area contributed by atoms with Crippen molar-refractivity contribution in [1.82, 2.24) is 4.90 Å². The van der Waals surface area contributed by atoms with Crippen molar-refractivity contribution >= 4 is 11.6 Å². The number of nitrogens with zero attached hydrogens (tertiary/aromatic N) is 2. The second-order valence-electron chi connectivity index (χ2n) is 7.35. The van der Waals surface area contributed by atoms with Crippen molar-refractivity contribution in [3.8, 4) is 0 Å². The Morgan fingerprint density at radius 1 is 1.08 bits per heavy atom. The zero-order valence-corrected chi connectivity index (χ0v) is 16.0. The highest BCUT2D eigenvalue weighted by Crippen LogP contribution is 2.26. The summed E-state index contributed by atoms with van der Waals surface area (Å²) < 4.78 is 0. The van der Waals surface area contributed by atoms with Gasteiger partial charge in [-0.15, -0.1) is 0 Å². The third-order valence-corrected chi connectivity index (χ3v) is 5.18. The van der Waals surface area contributed by atoms with Gasteiger partial charge in [-0.2, -0.15) is 0 Å². The largest absolute Gasteiger partial charge is 0.309 e. The van der Waals surface area contributed by atoms with Crippen LogP contribution in [0.4, 0.5) is 5.69 Å². The van der Waals surface area contributed by atoms with Gasteiger partial charge in [0.1, 0.15) is 0 Å². The predicted molar refractivity (Wildman–Crippen MR) is 108 cm³/mol. The maximum absolute atomic E-state index is 12.8. The zero-order valence-electron chi connectivity index (χ0n) is 16.0. The third kappa shape index (κ3) is 4.73. The molecule has 1 aliphatic heterocycles. The molecule has 1 aliphatic rings. The summed E-state index contributed by atoms with van der Waals surface area (Å²) in [5.74, 6) is 0.264. The molecule has 3 nitrogen and oxygen atoms in total. The normalized spacial score (nSPS) is 15.8. The van der Waals surface area contributed by atoms with Gasteiger partial charge < -0.3 is 4.90 Å². The molecule has 1 amide bonds. The standard InChI is InChI=1S/C23H30N2O/c1-3-8-23(26)25(22-12-7-9-19(2)17-22)21-13-15-24(16-14-21)18-20-10-5-4-6-11-20/h4-7,9-12,17,21H,3,8,13-16,18H2,1-2H3. The van der Waals surface area contributed by atoms with Crippen molar-refractivity contribution in [2.45, 2.75) is 52.1 Å². The number of hydrogen-bond acceptors (Lipinski definition) is 2. The fraction of sp³-hybridized carbons (Fsp3) is 0.435. The molecule has 0 aliphatic carbocycles. The Bertz CT molecular complexity index is 705. The zero-order chi connectivity index (χ0) is 18.4. The van der Waals surface area contributed by atoms with Crippen LogP contribution in [0.2, 0.25) is 0 Å². The minimum absolute atomic E-state index is 0.264. The average Bonchev–Trinajstić information content (AvgIpc) is 2.65. The van der Waals surface area contributed by atoms with E-state index < -0.39 is 0 Å². The molecule has 0 N–H and O–H groups in total. The van der Waals surface area contributed by atoms with Crippen LogP contribution in [0, 0.1) is 6.92 Å². The van der Waals surface area contributed by atoms with Crippen LogP contribution in [0.15, 0.2) is 54.6 Å². The molecule has 2 aromatic rings. The number of anilines is 1. The molecule has 1 saturated heterocycles. The molecular formula is C23H30N2O. The van der Waals surface area contributed by atoms with Crippen LogP contribution in [0.3, 0.4) is 0 Å². The fourth-order valence-electron chi connectivity index (χ4n) is 3.85. The molecule has 0 radical (unpaired) electrons. The first-order valence-corrected chi connectivity index (χ1v) is 9.82. The van der Waals surface area contributed by atoms with Gasteiger partial charge in [0.05, 0.1) is 0 Å². The Balaban J connectivity index is 1.68. The van der Waals surface area contributed by atoms with Crippen LogP contribution in [-0.4, -0.2) is 29.9 Å². The number of aryl methyl sites for hydroxylation is 1. The number of hydrogen-bond donors (Lipinski definition) is 0. The van der Waals surface area contributed by atoms with Crippen LogP contribution in [0.1, 0.15) is 43.7 Å². The van der Waals surface area contributed by atoms with Crippen molar-refractivity contribution in [3.05, 3.63) is 65.7 Å². The number of rotatable bonds is 6. The van der Waals surface area contributed by atoms with Gasteiger partial charge >= 0.3 is 0 Å². The first-order valence-electron chi connectivity index (χ1n) is 9.82. The maximum Gasteiger partial charge on any atom is 0.227 e. The van der Waals surface area contributed by atoms with E-state index in [0.717, 1.165) is 44.6 Å². The first kappa shape index (κ1) is 18.7. The maximum atomic E-state index is 12.8. The van der Waals surface area contributed by atoms with Crippen LogP contribution in [-0.2, 0) is 11.3 Å². The topological polar surface area (TPSA) is 23.6 Å². The SMILES string of the molecule is CCCC(=O)N(c1cccc(C)c1)C1CCN(Cc2ccccc2)CC1. The van der Waals surface area contributed by atoms with Crippen LogP contribution < -0.4 is 4.90 Å². The molecule has 0 saturated carbocycles. The average molecular weight is 351 g/mol. The lowest BCUT2D eigenvalue weighted by Gasteiger charge is -2.39. The molecule has 3 heteroatoms. The quantitative estimate of drug-likeness (QED) is 0.747. The van der Waals surface area contributed by atoms with E-state index in [9.17, 15) is 4.79 Å². The highest BCUT2D eigenvalue weighted by atomic mass is 16.2. The summed E-state index contributed by atoms with van der Waals surface area (Å²) in [7, 11) is 0. The van der Waals surface area contributed by atoms with E-state index in [1.165, 1.54) is 11.1 Å². The number of benzene rings is 2. The van der Waals surface area contributed by atoms with Gasteiger partial charge in [0.2, 0.25) is 5.91 Å². The summed E-state index contributed by atoms with van der Waals surface area (Å²) in [6.45, 7) is 7.26. The van der Waals surface area contributed by atoms with Crippen molar-refractivity contribution in [3.63, 3.8) is 0 Å². The molecule has 0 aromatic heterocycles. The lowest BCUT2D eigenvalue weighted by atomic mass is 10.0. The molecule has 138 valence electrons. The van der Waals surface area contributed by atoms with Crippen molar-refractivity contribution < 1.29 is 4.79 Å². The van der Waals surface area contributed by atoms with Gasteiger partial charge in [0.15, 0.2) is 0 Å². The molecule has 1 heterocycles. The van der Waals surface area contributed by atoms with Gasteiger partial charge in [0, 0.05) is 37.8 Å². The molecular weight excluding hydrogens is 320 g/mol. The van der Waals surface area contributed by atoms with Crippen LogP contribution in [0.25, 0.3) is 0 Å². The molecule has 0 atom stereocenters. The number of likely N-dealkylation sites (tertiary alicyclic amines) is 1. The van der Waals surface area contributed by atoms with Gasteiger partial charge in [-0.05, 0) is 49.4 Å². The summed E-state index contributed by atoms with van der Waals surface area (Å²) in [6, 6.07) is 19.3. The monoisotopic (exact) mass is 350 g/mol. The lowest BCUT2D eigenvalue weighted by Crippen LogP contribution is -2.47. The minimum Gasteiger partial charge on any atom is -0.309 e. The number of carbonyl (C=O) groups excluding carboxylic acids is 1. The van der Waals surface area contributed by atoms with E-state index in [1.54, 1.807) is 0 Å². The molecule has 0 spiro atoms. The molecule has 3 rings (SSSR count). The van der Waals surface area contributed by atoms with E-state index in [-0.39, 0.29) is 5.91 Å². The highest BCUT2D eigenvalue weighted by Gasteiger charge is 2.28. The van der Waals surface area contributed by atoms with E-state index in [1.807, 2.05) is 0 Å². The number of piperidine rings is 1. The van der Waals surface area contributed by atoms with Crippen molar-refractivity contribution in [2.24, 2.45) is 0 Å². The van der Waals surface area contributed by atoms with E-state index in [4.69, 9.17) is 0 Å². The Hall–Kier alpha value is -2.13. The van der Waals surface area contributed by atoms with Gasteiger partial charge in [-0.1, -0.05) is 49.4 Å². The molecule has 2 aromatic carbocycles. The first-order chi connectivity index (χ1) is 12.7. The fourth-order valence-corrected chi connectivity index (χ4v) is 3.85. The van der Waals surface area contributed by atoms with E-state index in [2.05, 4.69) is 78.2 Å². The second kappa shape index (κ2) is 9.00. The Kier molecular flexibility index (Phi) is 6.45. The Morgan fingerprint density at radius 2 is 1.81 bits per heavy atom. The molecule has 0 unspecified atom stereocenters. The van der Waals surface area contributed by atoms with E-state index >= 15 is 0 Å². The summed E-state index contributed by atoms with van der Waals surface area (Å²) in [5.41, 5.74) is 3.63. The number of amides is 1. The highest BCUT2D eigenvalue weighted by molar-refractivity contribution is 5.94. The van der Waals surface area contributed by atoms with Gasteiger partial charge in [-0.3, -0.25) is 9.69 Å². The summed E-state index contributed by atoms with van der Waals surface area (Å²) in [4.78, 5) is 17.4. The third-order valence-electron chi connectivity index (χ3n) is 5.18. The predicted octanol–water partition coefficient (Wildman–Crippen LogP) is 4.79. The van der Waals surface area contributed by atoms with Crippen LogP contribution >= 0.6 is 0 Å². The smallest absolute Gasteiger partial charge is 0.227 e. The van der Waals surface area contributed by atoms with Gasteiger partial charge in [-0.25, -0.2) is 0 Å². The molecule has 0 bridgehead atoms. The number of carbonyl (C=O) groups is 1. The second-order valence-corrected chi connectivity index (χ2v) is 7.35. The van der Waals surface area contributed by atoms with Crippen LogP contribution in [0.5, 0.6) is 0 Å². The summed E-state index contributed by atoms with van der Waals surface area (Å²) in [6.07, 6.45) is 3.60. The Morgan fingerprint density at radius 3 is 2.46 bits per heavy atom. The van der Waals surface area contributed by atoms with Crippen molar-refractivity contribution in [2.75, 3.05) is 18.0 Å². The minimum atomic E-state index is 0.264. The van der Waals surface area contributed by atoms with Gasteiger partial charge in [0.25, 0.3) is 0 Å². The Labute approximate surface area is 157 Å². The van der Waals surface area contributed by atoms with Crippen molar-refractivity contribution in [1.29, 1.82) is 0 Å². The molecule has 26 heavy (non-hydrogen) atoms. The van der Waals surface area contributed by atoms with E-state index in [0.29, 0.717) is 12.5 Å². The lowest BCUT2D eigenvalue weighted by molar-refractivity contribution is -0.119. The molecule has 1 fully saturated rings.